The highest BCUT2D eigenvalue weighted by atomic mass is 16.5. The smallest absolute Gasteiger partial charge is 0.131 e. The van der Waals surface area contributed by atoms with E-state index in [0.29, 0.717) is 19.0 Å². The summed E-state index contributed by atoms with van der Waals surface area (Å²) < 4.78 is 5.57. The molecule has 94 valence electrons. The van der Waals surface area contributed by atoms with E-state index < -0.39 is 5.60 Å². The van der Waals surface area contributed by atoms with Crippen LogP contribution in [0.25, 0.3) is 0 Å². The number of aliphatic hydroxyl groups is 1. The fraction of sp³-hybridized carbons (Fsp3) is 0.583. The number of aromatic nitrogens is 1. The van der Waals surface area contributed by atoms with Gasteiger partial charge in [0, 0.05) is 13.1 Å². The van der Waals surface area contributed by atoms with Crippen LogP contribution in [0.3, 0.4) is 0 Å². The Hall–Kier alpha value is -1.33. The molecule has 1 fully saturated rings. The first-order chi connectivity index (χ1) is 7.97. The molecule has 5 nitrogen and oxygen atoms in total. The third-order valence-corrected chi connectivity index (χ3v) is 2.93. The molecule has 2 rings (SSSR count). The van der Waals surface area contributed by atoms with Crippen LogP contribution < -0.4 is 10.6 Å². The number of pyridine rings is 1. The van der Waals surface area contributed by atoms with Gasteiger partial charge >= 0.3 is 0 Å². The van der Waals surface area contributed by atoms with Gasteiger partial charge in [0.05, 0.1) is 12.2 Å². The normalized spacial score (nSPS) is 21.6. The molecule has 3 N–H and O–H groups in total. The Balaban J connectivity index is 2.12. The maximum absolute atomic E-state index is 9.96. The summed E-state index contributed by atoms with van der Waals surface area (Å²) in [4.78, 5) is 6.37. The Morgan fingerprint density at radius 2 is 2.29 bits per heavy atom. The van der Waals surface area contributed by atoms with Crippen LogP contribution in [0, 0.1) is 0 Å². The van der Waals surface area contributed by atoms with Gasteiger partial charge in [-0.3, -0.25) is 0 Å². The number of nitrogen functional groups attached to an aromatic ring is 1. The van der Waals surface area contributed by atoms with E-state index in [1.165, 1.54) is 0 Å². The summed E-state index contributed by atoms with van der Waals surface area (Å²) in [5.41, 5.74) is 4.82. The third-order valence-electron chi connectivity index (χ3n) is 2.93. The van der Waals surface area contributed by atoms with Crippen molar-refractivity contribution in [3.8, 4) is 0 Å². The molecule has 0 amide bonds. The monoisotopic (exact) mass is 237 g/mol. The quantitative estimate of drug-likeness (QED) is 0.790. The largest absolute Gasteiger partial charge is 0.388 e. The summed E-state index contributed by atoms with van der Waals surface area (Å²) in [6, 6.07) is 5.56. The minimum absolute atomic E-state index is 0.209. The van der Waals surface area contributed by atoms with Crippen molar-refractivity contribution < 1.29 is 9.84 Å². The molecule has 0 aromatic carbocycles. The molecule has 1 atom stereocenters. The average molecular weight is 237 g/mol. The van der Waals surface area contributed by atoms with Gasteiger partial charge in [-0.2, -0.15) is 0 Å². The second-order valence-electron chi connectivity index (χ2n) is 4.88. The molecule has 1 aliphatic heterocycles. The van der Waals surface area contributed by atoms with Crippen LogP contribution >= 0.6 is 0 Å². The maximum Gasteiger partial charge on any atom is 0.131 e. The molecule has 1 aliphatic rings. The highest BCUT2D eigenvalue weighted by Crippen LogP contribution is 2.21. The van der Waals surface area contributed by atoms with Crippen molar-refractivity contribution in [3.05, 3.63) is 18.2 Å². The van der Waals surface area contributed by atoms with Gasteiger partial charge in [-0.15, -0.1) is 0 Å². The summed E-state index contributed by atoms with van der Waals surface area (Å²) >= 11 is 0. The number of rotatable bonds is 2. The molecule has 0 aliphatic carbocycles. The highest BCUT2D eigenvalue weighted by Gasteiger charge is 2.32. The number of nitrogens with two attached hydrogens (primary N) is 1. The zero-order valence-corrected chi connectivity index (χ0v) is 10.3. The zero-order valence-electron chi connectivity index (χ0n) is 10.3. The van der Waals surface area contributed by atoms with Crippen LogP contribution in [0.2, 0.25) is 0 Å². The highest BCUT2D eigenvalue weighted by molar-refractivity contribution is 5.45. The molecule has 17 heavy (non-hydrogen) atoms. The van der Waals surface area contributed by atoms with E-state index >= 15 is 0 Å². The number of ether oxygens (including phenoxy) is 1. The molecule has 1 aromatic heterocycles. The molecule has 1 saturated heterocycles. The number of morpholine rings is 1. The Bertz CT molecular complexity index is 390. The molecular weight excluding hydrogens is 218 g/mol. The first-order valence-electron chi connectivity index (χ1n) is 5.78. The molecule has 2 heterocycles. The van der Waals surface area contributed by atoms with Gasteiger partial charge < -0.3 is 20.5 Å². The van der Waals surface area contributed by atoms with Gasteiger partial charge in [0.2, 0.25) is 0 Å². The average Bonchev–Trinajstić information content (AvgIpc) is 2.28. The van der Waals surface area contributed by atoms with Crippen LogP contribution in [-0.4, -0.2) is 41.5 Å². The number of hydrogen-bond acceptors (Lipinski definition) is 5. The summed E-state index contributed by atoms with van der Waals surface area (Å²) in [5, 5.41) is 9.96. The van der Waals surface area contributed by atoms with Crippen LogP contribution in [0.15, 0.2) is 18.2 Å². The molecule has 0 radical (unpaired) electrons. The summed E-state index contributed by atoms with van der Waals surface area (Å²) in [5.74, 6) is 1.34. The summed E-state index contributed by atoms with van der Waals surface area (Å²) in [7, 11) is 0. The van der Waals surface area contributed by atoms with Crippen molar-refractivity contribution in [2.45, 2.75) is 25.6 Å². The number of nitrogens with zero attached hydrogens (tertiary/aromatic N) is 2. The minimum Gasteiger partial charge on any atom is -0.388 e. The topological polar surface area (TPSA) is 71.6 Å². The van der Waals surface area contributed by atoms with E-state index in [-0.39, 0.29) is 6.10 Å². The lowest BCUT2D eigenvalue weighted by Crippen LogP contribution is -2.52. The Morgan fingerprint density at radius 3 is 2.94 bits per heavy atom. The van der Waals surface area contributed by atoms with E-state index in [4.69, 9.17) is 10.5 Å². The summed E-state index contributed by atoms with van der Waals surface area (Å²) in [6.07, 6.45) is -0.209. The number of anilines is 2. The maximum atomic E-state index is 9.96. The Kier molecular flexibility index (Phi) is 3.22. The van der Waals surface area contributed by atoms with E-state index in [1.807, 2.05) is 12.1 Å². The fourth-order valence-corrected chi connectivity index (χ4v) is 1.90. The molecule has 0 spiro atoms. The molecule has 0 saturated carbocycles. The lowest BCUT2D eigenvalue weighted by Gasteiger charge is -2.39. The molecule has 0 bridgehead atoms. The third kappa shape index (κ3) is 2.87. The standard InChI is InChI=1S/C12H19N3O2/c1-12(2,16)9-8-15(6-7-17-9)11-5-3-4-10(13)14-11/h3-5,9,16H,6-8H2,1-2H3,(H2,13,14). The number of hydrogen-bond donors (Lipinski definition) is 2. The van der Waals surface area contributed by atoms with Crippen molar-refractivity contribution >= 4 is 11.6 Å². The van der Waals surface area contributed by atoms with Crippen LogP contribution in [0.1, 0.15) is 13.8 Å². The van der Waals surface area contributed by atoms with Crippen molar-refractivity contribution in [2.24, 2.45) is 0 Å². The summed E-state index contributed by atoms with van der Waals surface area (Å²) in [6.45, 7) is 5.50. The molecular formula is C12H19N3O2. The van der Waals surface area contributed by atoms with Gasteiger partial charge in [0.25, 0.3) is 0 Å². The van der Waals surface area contributed by atoms with Crippen LogP contribution in [0.5, 0.6) is 0 Å². The van der Waals surface area contributed by atoms with Crippen LogP contribution in [-0.2, 0) is 4.74 Å². The zero-order chi connectivity index (χ0) is 12.5. The fourth-order valence-electron chi connectivity index (χ4n) is 1.90. The molecule has 5 heteroatoms. The Morgan fingerprint density at radius 1 is 1.53 bits per heavy atom. The first-order valence-corrected chi connectivity index (χ1v) is 5.78. The lowest BCUT2D eigenvalue weighted by atomic mass is 10.0. The molecule has 1 aromatic rings. The van der Waals surface area contributed by atoms with Crippen molar-refractivity contribution in [2.75, 3.05) is 30.3 Å². The first kappa shape index (κ1) is 12.1. The van der Waals surface area contributed by atoms with Gasteiger partial charge in [-0.05, 0) is 26.0 Å². The second kappa shape index (κ2) is 4.50. The van der Waals surface area contributed by atoms with Gasteiger partial charge in [-0.1, -0.05) is 6.07 Å². The van der Waals surface area contributed by atoms with E-state index in [0.717, 1.165) is 12.4 Å². The van der Waals surface area contributed by atoms with Crippen LogP contribution in [0.4, 0.5) is 11.6 Å². The van der Waals surface area contributed by atoms with Crippen molar-refractivity contribution in [3.63, 3.8) is 0 Å². The predicted molar refractivity (Wildman–Crippen MR) is 66.9 cm³/mol. The van der Waals surface area contributed by atoms with E-state index in [1.54, 1.807) is 19.9 Å². The van der Waals surface area contributed by atoms with Crippen molar-refractivity contribution in [1.29, 1.82) is 0 Å². The molecule has 1 unspecified atom stereocenters. The minimum atomic E-state index is -0.848. The predicted octanol–water partition coefficient (Wildman–Crippen LogP) is 0.640. The van der Waals surface area contributed by atoms with E-state index in [2.05, 4.69) is 9.88 Å². The van der Waals surface area contributed by atoms with Gasteiger partial charge in [-0.25, -0.2) is 4.98 Å². The van der Waals surface area contributed by atoms with Gasteiger partial charge in [0.1, 0.15) is 17.7 Å². The lowest BCUT2D eigenvalue weighted by molar-refractivity contribution is -0.0929. The van der Waals surface area contributed by atoms with E-state index in [9.17, 15) is 5.11 Å². The Labute approximate surface area is 101 Å². The second-order valence-corrected chi connectivity index (χ2v) is 4.88. The van der Waals surface area contributed by atoms with Crippen molar-refractivity contribution in [1.82, 2.24) is 4.98 Å². The SMILES string of the molecule is CC(C)(O)C1CN(c2cccc(N)n2)CCO1. The van der Waals surface area contributed by atoms with Gasteiger partial charge in [0.15, 0.2) is 0 Å².